The zero-order valence-electron chi connectivity index (χ0n) is 12.8. The van der Waals surface area contributed by atoms with Crippen molar-refractivity contribution in [3.63, 3.8) is 0 Å². The van der Waals surface area contributed by atoms with Gasteiger partial charge in [-0.2, -0.15) is 0 Å². The molecule has 1 aliphatic heterocycles. The van der Waals surface area contributed by atoms with Crippen molar-refractivity contribution in [1.82, 2.24) is 5.32 Å². The molecule has 2 atom stereocenters. The number of nitrogens with one attached hydrogen (secondary N) is 1. The molecule has 110 valence electrons. The molecule has 1 amide bonds. The number of rotatable bonds is 3. The zero-order valence-corrected chi connectivity index (χ0v) is 13.6. The van der Waals surface area contributed by atoms with Crippen LogP contribution in [0.3, 0.4) is 0 Å². The van der Waals surface area contributed by atoms with Gasteiger partial charge >= 0.3 is 0 Å². The van der Waals surface area contributed by atoms with E-state index in [9.17, 15) is 4.79 Å². The number of alkyl halides is 1. The number of fused-ring (bicyclic) bond motifs is 1. The first-order valence-corrected chi connectivity index (χ1v) is 7.78. The summed E-state index contributed by atoms with van der Waals surface area (Å²) in [6.45, 7) is 9.68. The molecule has 0 radical (unpaired) electrons. The van der Waals surface area contributed by atoms with Gasteiger partial charge < -0.3 is 5.32 Å². The second kappa shape index (κ2) is 5.77. The Morgan fingerprint density at radius 1 is 1.35 bits per heavy atom. The van der Waals surface area contributed by atoms with Crippen LogP contribution in [0, 0.1) is 11.3 Å². The van der Waals surface area contributed by atoms with E-state index in [1.165, 1.54) is 0 Å². The Morgan fingerprint density at radius 3 is 2.70 bits per heavy atom. The summed E-state index contributed by atoms with van der Waals surface area (Å²) in [5.41, 5.74) is 3.23. The Morgan fingerprint density at radius 2 is 2.05 bits per heavy atom. The van der Waals surface area contributed by atoms with E-state index in [2.05, 4.69) is 45.1 Å². The third kappa shape index (κ3) is 3.35. The van der Waals surface area contributed by atoms with Crippen LogP contribution >= 0.6 is 11.6 Å². The van der Waals surface area contributed by atoms with Crippen molar-refractivity contribution >= 4 is 17.5 Å². The minimum absolute atomic E-state index is 0.0286. The SMILES string of the molecule is CC(CC(Cl)c1ccc2c(c1)C(=O)NCC2)C(C)(C)C. The van der Waals surface area contributed by atoms with Gasteiger partial charge in [-0.15, -0.1) is 11.6 Å². The smallest absolute Gasteiger partial charge is 0.251 e. The summed E-state index contributed by atoms with van der Waals surface area (Å²) in [5, 5.41) is 2.85. The maximum absolute atomic E-state index is 11.9. The fraction of sp³-hybridized carbons (Fsp3) is 0.588. The third-order valence-corrected chi connectivity index (χ3v) is 4.89. The second-order valence-corrected chi connectivity index (χ2v) is 7.42. The molecule has 0 saturated carbocycles. The van der Waals surface area contributed by atoms with E-state index in [1.54, 1.807) is 0 Å². The second-order valence-electron chi connectivity index (χ2n) is 6.89. The van der Waals surface area contributed by atoms with Gasteiger partial charge in [0.25, 0.3) is 5.91 Å². The van der Waals surface area contributed by atoms with Crippen LogP contribution in [-0.4, -0.2) is 12.5 Å². The van der Waals surface area contributed by atoms with Gasteiger partial charge in [-0.25, -0.2) is 0 Å². The average molecular weight is 294 g/mol. The number of hydrogen-bond donors (Lipinski definition) is 1. The van der Waals surface area contributed by atoms with Crippen molar-refractivity contribution in [3.8, 4) is 0 Å². The minimum atomic E-state index is -0.0377. The summed E-state index contributed by atoms with van der Waals surface area (Å²) in [5.74, 6) is 0.552. The van der Waals surface area contributed by atoms with Crippen LogP contribution in [0.4, 0.5) is 0 Å². The predicted molar refractivity (Wildman–Crippen MR) is 84.3 cm³/mol. The highest BCUT2D eigenvalue weighted by molar-refractivity contribution is 6.20. The van der Waals surface area contributed by atoms with Crippen LogP contribution in [0.2, 0.25) is 0 Å². The summed E-state index contributed by atoms with van der Waals surface area (Å²) in [6, 6.07) is 6.10. The van der Waals surface area contributed by atoms with Gasteiger partial charge in [0.15, 0.2) is 0 Å². The van der Waals surface area contributed by atoms with Crippen molar-refractivity contribution in [3.05, 3.63) is 34.9 Å². The van der Waals surface area contributed by atoms with Crippen molar-refractivity contribution in [2.75, 3.05) is 6.54 Å². The Balaban J connectivity index is 2.17. The first-order valence-electron chi connectivity index (χ1n) is 7.34. The van der Waals surface area contributed by atoms with Gasteiger partial charge in [-0.3, -0.25) is 4.79 Å². The molecule has 1 N–H and O–H groups in total. The summed E-state index contributed by atoms with van der Waals surface area (Å²) < 4.78 is 0. The van der Waals surface area contributed by atoms with E-state index >= 15 is 0 Å². The lowest BCUT2D eigenvalue weighted by Gasteiger charge is -2.29. The summed E-state index contributed by atoms with van der Waals surface area (Å²) in [6.07, 6.45) is 1.83. The van der Waals surface area contributed by atoms with Gasteiger partial charge in [0.05, 0.1) is 5.38 Å². The molecule has 0 aromatic heterocycles. The van der Waals surface area contributed by atoms with Crippen LogP contribution in [0.15, 0.2) is 18.2 Å². The van der Waals surface area contributed by atoms with E-state index in [4.69, 9.17) is 11.6 Å². The molecular formula is C17H24ClNO. The monoisotopic (exact) mass is 293 g/mol. The van der Waals surface area contributed by atoms with E-state index < -0.39 is 0 Å². The Labute approximate surface area is 126 Å². The van der Waals surface area contributed by atoms with E-state index in [0.29, 0.717) is 5.92 Å². The predicted octanol–water partition coefficient (Wildman–Crippen LogP) is 4.32. The first-order chi connectivity index (χ1) is 9.29. The molecule has 0 aliphatic carbocycles. The van der Waals surface area contributed by atoms with Crippen molar-refractivity contribution < 1.29 is 4.79 Å². The Hall–Kier alpha value is -1.02. The number of halogens is 1. The average Bonchev–Trinajstić information content (AvgIpc) is 2.37. The number of carbonyl (C=O) groups excluding carboxylic acids is 1. The number of carbonyl (C=O) groups is 1. The molecule has 1 aromatic carbocycles. The minimum Gasteiger partial charge on any atom is -0.352 e. The fourth-order valence-corrected chi connectivity index (χ4v) is 2.83. The first kappa shape index (κ1) is 15.4. The molecule has 2 nitrogen and oxygen atoms in total. The number of benzene rings is 1. The summed E-state index contributed by atoms with van der Waals surface area (Å²) in [4.78, 5) is 11.9. The maximum Gasteiger partial charge on any atom is 0.251 e. The molecule has 2 unspecified atom stereocenters. The lowest BCUT2D eigenvalue weighted by atomic mass is 9.78. The van der Waals surface area contributed by atoms with Gasteiger partial charge in [0, 0.05) is 12.1 Å². The molecule has 20 heavy (non-hydrogen) atoms. The van der Waals surface area contributed by atoms with Crippen LogP contribution < -0.4 is 5.32 Å². The molecule has 1 aromatic rings. The van der Waals surface area contributed by atoms with Crippen molar-refractivity contribution in [1.29, 1.82) is 0 Å². The van der Waals surface area contributed by atoms with Crippen LogP contribution in [-0.2, 0) is 6.42 Å². The lowest BCUT2D eigenvalue weighted by molar-refractivity contribution is 0.0946. The van der Waals surface area contributed by atoms with Crippen LogP contribution in [0.25, 0.3) is 0 Å². The number of amides is 1. The lowest BCUT2D eigenvalue weighted by Crippen LogP contribution is -2.31. The maximum atomic E-state index is 11.9. The molecule has 3 heteroatoms. The van der Waals surface area contributed by atoms with E-state index in [0.717, 1.165) is 36.1 Å². The topological polar surface area (TPSA) is 29.1 Å². The molecule has 0 spiro atoms. The molecular weight excluding hydrogens is 270 g/mol. The highest BCUT2D eigenvalue weighted by Crippen LogP contribution is 2.37. The van der Waals surface area contributed by atoms with Crippen molar-refractivity contribution in [2.24, 2.45) is 11.3 Å². The fourth-order valence-electron chi connectivity index (χ4n) is 2.42. The summed E-state index contributed by atoms with van der Waals surface area (Å²) >= 11 is 6.57. The number of hydrogen-bond acceptors (Lipinski definition) is 1. The Kier molecular flexibility index (Phi) is 4.43. The highest BCUT2D eigenvalue weighted by Gasteiger charge is 2.24. The van der Waals surface area contributed by atoms with Crippen LogP contribution in [0.1, 0.15) is 61.0 Å². The summed E-state index contributed by atoms with van der Waals surface area (Å²) in [7, 11) is 0. The molecule has 2 rings (SSSR count). The largest absolute Gasteiger partial charge is 0.352 e. The van der Waals surface area contributed by atoms with Gasteiger partial charge in [0.2, 0.25) is 0 Å². The van der Waals surface area contributed by atoms with Gasteiger partial charge in [-0.1, -0.05) is 39.8 Å². The quantitative estimate of drug-likeness (QED) is 0.826. The third-order valence-electron chi connectivity index (χ3n) is 4.46. The van der Waals surface area contributed by atoms with E-state index in [-0.39, 0.29) is 16.7 Å². The van der Waals surface area contributed by atoms with Gasteiger partial charge in [-0.05, 0) is 41.4 Å². The molecule has 0 saturated heterocycles. The Bertz CT molecular complexity index is 504. The highest BCUT2D eigenvalue weighted by atomic mass is 35.5. The normalized spacial score (nSPS) is 18.1. The molecule has 0 fully saturated rings. The standard InChI is InChI=1S/C17H24ClNO/c1-11(17(2,3)4)9-15(18)13-6-5-12-7-8-19-16(20)14(12)10-13/h5-6,10-11,15H,7-9H2,1-4H3,(H,19,20). The van der Waals surface area contributed by atoms with E-state index in [1.807, 2.05) is 6.07 Å². The molecule has 1 heterocycles. The van der Waals surface area contributed by atoms with Gasteiger partial charge in [0.1, 0.15) is 0 Å². The zero-order chi connectivity index (χ0) is 14.9. The molecule has 1 aliphatic rings. The van der Waals surface area contributed by atoms with Crippen LogP contribution in [0.5, 0.6) is 0 Å². The molecule has 0 bridgehead atoms. The van der Waals surface area contributed by atoms with Crippen molar-refractivity contribution in [2.45, 2.75) is 45.9 Å².